The molecule has 4 rings (SSSR count). The molecule has 1 saturated carbocycles. The zero-order valence-corrected chi connectivity index (χ0v) is 16.4. The molecule has 0 spiro atoms. The number of halogens is 1. The van der Waals surface area contributed by atoms with Gasteiger partial charge in [0.25, 0.3) is 0 Å². The first-order valence-electron chi connectivity index (χ1n) is 9.13. The molecule has 0 bridgehead atoms. The van der Waals surface area contributed by atoms with Crippen LogP contribution in [0.5, 0.6) is 0 Å². The van der Waals surface area contributed by atoms with Crippen molar-refractivity contribution in [3.8, 4) is 11.6 Å². The molecule has 1 aliphatic rings. The molecule has 0 atom stereocenters. The molecule has 0 unspecified atom stereocenters. The Kier molecular flexibility index (Phi) is 5.64. The number of hydrogen-bond acceptors (Lipinski definition) is 5. The van der Waals surface area contributed by atoms with Gasteiger partial charge >= 0.3 is 0 Å². The molecule has 0 aliphatic heterocycles. The molecule has 5 nitrogen and oxygen atoms in total. The SMILES string of the molecule is O=C(CSc1nnc(-c2ccco2)n1C1CCCCC1)c1ccccc1Cl. The van der Waals surface area contributed by atoms with Crippen molar-refractivity contribution >= 4 is 29.1 Å². The van der Waals surface area contributed by atoms with Crippen LogP contribution in [0.3, 0.4) is 0 Å². The molecule has 0 saturated heterocycles. The highest BCUT2D eigenvalue weighted by molar-refractivity contribution is 7.99. The standard InChI is InChI=1S/C20H20ClN3O2S/c21-16-10-5-4-9-15(16)17(25)13-27-20-23-22-19(18-11-6-12-26-18)24(20)14-7-2-1-3-8-14/h4-6,9-12,14H,1-3,7-8,13H2. The first-order valence-corrected chi connectivity index (χ1v) is 10.5. The van der Waals surface area contributed by atoms with Gasteiger partial charge in [0.05, 0.1) is 17.0 Å². The number of ketones is 1. The predicted molar refractivity (Wildman–Crippen MR) is 106 cm³/mol. The summed E-state index contributed by atoms with van der Waals surface area (Å²) in [4.78, 5) is 12.6. The zero-order chi connectivity index (χ0) is 18.6. The number of Topliss-reactive ketones (excluding diaryl/α,β-unsaturated/α-hetero) is 1. The number of thioether (sulfide) groups is 1. The highest BCUT2D eigenvalue weighted by atomic mass is 35.5. The Morgan fingerprint density at radius 1 is 1.15 bits per heavy atom. The second-order valence-corrected chi connectivity index (χ2v) is 7.99. The van der Waals surface area contributed by atoms with Crippen molar-refractivity contribution in [1.82, 2.24) is 14.8 Å². The highest BCUT2D eigenvalue weighted by Crippen LogP contribution is 2.36. The van der Waals surface area contributed by atoms with E-state index in [1.807, 2.05) is 24.3 Å². The second-order valence-electron chi connectivity index (χ2n) is 6.64. The normalized spacial score (nSPS) is 15.1. The molecule has 1 aliphatic carbocycles. The van der Waals surface area contributed by atoms with Crippen LogP contribution in [0, 0.1) is 0 Å². The Morgan fingerprint density at radius 3 is 2.70 bits per heavy atom. The van der Waals surface area contributed by atoms with Crippen molar-refractivity contribution in [2.75, 3.05) is 5.75 Å². The van der Waals surface area contributed by atoms with Crippen molar-refractivity contribution < 1.29 is 9.21 Å². The van der Waals surface area contributed by atoms with Crippen LogP contribution >= 0.6 is 23.4 Å². The first kappa shape index (κ1) is 18.3. The minimum atomic E-state index is -0.0108. The molecule has 140 valence electrons. The molecular formula is C20H20ClN3O2S. The van der Waals surface area contributed by atoms with Gasteiger partial charge in [-0.25, -0.2) is 0 Å². The molecule has 2 heterocycles. The summed E-state index contributed by atoms with van der Waals surface area (Å²) in [5.74, 6) is 1.70. The zero-order valence-electron chi connectivity index (χ0n) is 14.8. The maximum atomic E-state index is 12.6. The van der Waals surface area contributed by atoms with Crippen molar-refractivity contribution in [3.05, 3.63) is 53.2 Å². The summed E-state index contributed by atoms with van der Waals surface area (Å²) in [7, 11) is 0. The maximum absolute atomic E-state index is 12.6. The molecule has 3 aromatic rings. The summed E-state index contributed by atoms with van der Waals surface area (Å²) in [5, 5.41) is 9.97. The third-order valence-electron chi connectivity index (χ3n) is 4.85. The van der Waals surface area contributed by atoms with Crippen LogP contribution in [0.4, 0.5) is 0 Å². The van der Waals surface area contributed by atoms with E-state index in [0.29, 0.717) is 22.4 Å². The average Bonchev–Trinajstić information content (AvgIpc) is 3.36. The number of carbonyl (C=O) groups excluding carboxylic acids is 1. The summed E-state index contributed by atoms with van der Waals surface area (Å²) in [5.41, 5.74) is 0.543. The number of nitrogens with zero attached hydrogens (tertiary/aromatic N) is 3. The molecule has 2 aromatic heterocycles. The summed E-state index contributed by atoms with van der Waals surface area (Å²) >= 11 is 7.56. The van der Waals surface area contributed by atoms with Crippen molar-refractivity contribution in [2.24, 2.45) is 0 Å². The van der Waals surface area contributed by atoms with Crippen molar-refractivity contribution in [1.29, 1.82) is 0 Å². The number of furan rings is 1. The van der Waals surface area contributed by atoms with E-state index in [2.05, 4.69) is 14.8 Å². The Hall–Kier alpha value is -2.05. The van der Waals surface area contributed by atoms with E-state index in [1.54, 1.807) is 18.4 Å². The predicted octanol–water partition coefficient (Wildman–Crippen LogP) is 5.67. The van der Waals surface area contributed by atoms with Crippen LogP contribution < -0.4 is 0 Å². The molecule has 1 aromatic carbocycles. The van der Waals surface area contributed by atoms with Crippen molar-refractivity contribution in [2.45, 2.75) is 43.3 Å². The van der Waals surface area contributed by atoms with E-state index in [-0.39, 0.29) is 11.5 Å². The molecular weight excluding hydrogens is 382 g/mol. The van der Waals surface area contributed by atoms with E-state index in [0.717, 1.165) is 23.8 Å². The smallest absolute Gasteiger partial charge is 0.200 e. The topological polar surface area (TPSA) is 60.9 Å². The van der Waals surface area contributed by atoms with E-state index < -0.39 is 0 Å². The second kappa shape index (κ2) is 8.31. The first-order chi connectivity index (χ1) is 13.2. The van der Waals surface area contributed by atoms with E-state index in [1.165, 1.54) is 31.0 Å². The Bertz CT molecular complexity index is 917. The van der Waals surface area contributed by atoms with Gasteiger partial charge in [-0.15, -0.1) is 10.2 Å². The maximum Gasteiger partial charge on any atom is 0.200 e. The average molecular weight is 402 g/mol. The lowest BCUT2D eigenvalue weighted by molar-refractivity contribution is 0.102. The Morgan fingerprint density at radius 2 is 1.96 bits per heavy atom. The van der Waals surface area contributed by atoms with Gasteiger partial charge in [-0.1, -0.05) is 54.8 Å². The fraction of sp³-hybridized carbons (Fsp3) is 0.350. The van der Waals surface area contributed by atoms with Crippen LogP contribution in [0.15, 0.2) is 52.2 Å². The fourth-order valence-electron chi connectivity index (χ4n) is 3.51. The van der Waals surface area contributed by atoms with E-state index >= 15 is 0 Å². The lowest BCUT2D eigenvalue weighted by Crippen LogP contribution is -2.15. The van der Waals surface area contributed by atoms with E-state index in [4.69, 9.17) is 16.0 Å². The number of rotatable bonds is 6. The summed E-state index contributed by atoms with van der Waals surface area (Å²) in [6, 6.07) is 11.2. The minimum Gasteiger partial charge on any atom is -0.461 e. The molecule has 1 fully saturated rings. The van der Waals surface area contributed by atoms with Gasteiger partial charge in [0.2, 0.25) is 5.82 Å². The monoisotopic (exact) mass is 401 g/mol. The molecule has 0 N–H and O–H groups in total. The third-order valence-corrected chi connectivity index (χ3v) is 6.13. The van der Waals surface area contributed by atoms with Crippen LogP contribution in [-0.2, 0) is 0 Å². The lowest BCUT2D eigenvalue weighted by atomic mass is 9.95. The Balaban J connectivity index is 1.59. The quantitative estimate of drug-likeness (QED) is 0.393. The van der Waals surface area contributed by atoms with Crippen LogP contribution in [-0.4, -0.2) is 26.3 Å². The van der Waals surface area contributed by atoms with Crippen molar-refractivity contribution in [3.63, 3.8) is 0 Å². The summed E-state index contributed by atoms with van der Waals surface area (Å²) in [6.07, 6.45) is 7.49. The van der Waals surface area contributed by atoms with Gasteiger partial charge in [0, 0.05) is 11.6 Å². The van der Waals surface area contributed by atoms with Gasteiger partial charge in [-0.3, -0.25) is 9.36 Å². The van der Waals surface area contributed by atoms with Gasteiger partial charge in [-0.2, -0.15) is 0 Å². The van der Waals surface area contributed by atoms with Gasteiger partial charge in [-0.05, 0) is 37.1 Å². The van der Waals surface area contributed by atoms with Gasteiger partial charge < -0.3 is 4.42 Å². The van der Waals surface area contributed by atoms with Crippen LogP contribution in [0.1, 0.15) is 48.5 Å². The summed E-state index contributed by atoms with van der Waals surface area (Å²) < 4.78 is 7.71. The summed E-state index contributed by atoms with van der Waals surface area (Å²) in [6.45, 7) is 0. The fourth-order valence-corrected chi connectivity index (χ4v) is 4.64. The van der Waals surface area contributed by atoms with Crippen LogP contribution in [0.2, 0.25) is 5.02 Å². The number of aromatic nitrogens is 3. The lowest BCUT2D eigenvalue weighted by Gasteiger charge is -2.25. The molecule has 0 radical (unpaired) electrons. The number of carbonyl (C=O) groups is 1. The number of benzene rings is 1. The Labute approximate surface area is 167 Å². The van der Waals surface area contributed by atoms with Gasteiger partial charge in [0.15, 0.2) is 16.7 Å². The molecule has 7 heteroatoms. The third kappa shape index (κ3) is 3.96. The highest BCUT2D eigenvalue weighted by Gasteiger charge is 2.25. The largest absolute Gasteiger partial charge is 0.461 e. The molecule has 27 heavy (non-hydrogen) atoms. The van der Waals surface area contributed by atoms with Crippen LogP contribution in [0.25, 0.3) is 11.6 Å². The number of hydrogen-bond donors (Lipinski definition) is 0. The van der Waals surface area contributed by atoms with Gasteiger partial charge in [0.1, 0.15) is 0 Å². The molecule has 0 amide bonds. The van der Waals surface area contributed by atoms with E-state index in [9.17, 15) is 4.79 Å². The minimum absolute atomic E-state index is 0.0108.